The Labute approximate surface area is 53.9 Å². The molecule has 52 valence electrons. The normalized spacial score (nSPS) is 12.8. The van der Waals surface area contributed by atoms with Crippen molar-refractivity contribution in [1.82, 2.24) is 0 Å². The standard InChI is InChI=1S/C5H11N3O/c6-3-5(7)4-8-1-2-9/h3-4,9H,1-2,6-7H2. The van der Waals surface area contributed by atoms with Crippen LogP contribution in [0.15, 0.2) is 16.9 Å². The maximum Gasteiger partial charge on any atom is 0.0652 e. The molecule has 5 N–H and O–H groups in total. The second-order valence-corrected chi connectivity index (χ2v) is 1.43. The molecule has 0 bridgehead atoms. The summed E-state index contributed by atoms with van der Waals surface area (Å²) in [6.07, 6.45) is 2.66. The topological polar surface area (TPSA) is 84.6 Å². The Morgan fingerprint density at radius 2 is 2.33 bits per heavy atom. The number of aliphatic imine (C=N–C) groups is 1. The summed E-state index contributed by atoms with van der Waals surface area (Å²) < 4.78 is 0. The minimum atomic E-state index is 0.0361. The van der Waals surface area contributed by atoms with Gasteiger partial charge < -0.3 is 16.6 Å². The molecule has 0 aliphatic rings. The van der Waals surface area contributed by atoms with E-state index in [-0.39, 0.29) is 6.61 Å². The molecule has 0 aliphatic carbocycles. The van der Waals surface area contributed by atoms with E-state index in [1.54, 1.807) is 0 Å². The van der Waals surface area contributed by atoms with E-state index in [0.717, 1.165) is 0 Å². The van der Waals surface area contributed by atoms with E-state index >= 15 is 0 Å². The average Bonchev–Trinajstić information content (AvgIpc) is 1.89. The third-order valence-corrected chi connectivity index (χ3v) is 0.662. The summed E-state index contributed by atoms with van der Waals surface area (Å²) in [4.78, 5) is 3.71. The van der Waals surface area contributed by atoms with Gasteiger partial charge in [0, 0.05) is 12.4 Å². The van der Waals surface area contributed by atoms with Crippen LogP contribution in [0.1, 0.15) is 0 Å². The number of nitrogens with zero attached hydrogens (tertiary/aromatic N) is 1. The summed E-state index contributed by atoms with van der Waals surface area (Å²) in [6.45, 7) is 0.406. The molecule has 0 aromatic carbocycles. The fourth-order valence-electron chi connectivity index (χ4n) is 0.271. The second kappa shape index (κ2) is 5.11. The number of allylic oxidation sites excluding steroid dienone is 1. The molecule has 0 saturated heterocycles. The van der Waals surface area contributed by atoms with E-state index < -0.39 is 0 Å². The molecule has 0 aromatic heterocycles. The molecule has 4 nitrogen and oxygen atoms in total. The molecule has 0 rings (SSSR count). The average molecular weight is 129 g/mol. The van der Waals surface area contributed by atoms with Gasteiger partial charge in [0.2, 0.25) is 0 Å². The van der Waals surface area contributed by atoms with Crippen molar-refractivity contribution in [2.75, 3.05) is 13.2 Å². The lowest BCUT2D eigenvalue weighted by molar-refractivity contribution is 0.307. The van der Waals surface area contributed by atoms with E-state index in [1.807, 2.05) is 0 Å². The van der Waals surface area contributed by atoms with E-state index in [1.165, 1.54) is 12.4 Å². The van der Waals surface area contributed by atoms with Crippen molar-refractivity contribution >= 4 is 6.21 Å². The first-order chi connectivity index (χ1) is 4.31. The first-order valence-corrected chi connectivity index (χ1v) is 2.59. The lowest BCUT2D eigenvalue weighted by Gasteiger charge is -1.87. The molecule has 0 saturated carbocycles. The molecule has 0 radical (unpaired) electrons. The molecule has 0 spiro atoms. The van der Waals surface area contributed by atoms with Crippen LogP contribution in [-0.2, 0) is 0 Å². The summed E-state index contributed by atoms with van der Waals surface area (Å²) in [7, 11) is 0. The van der Waals surface area contributed by atoms with Crippen LogP contribution < -0.4 is 11.5 Å². The lowest BCUT2D eigenvalue weighted by Crippen LogP contribution is -2.02. The molecule has 0 fully saturated rings. The summed E-state index contributed by atoms with van der Waals surface area (Å²) in [5, 5.41) is 8.25. The molecule has 0 aromatic rings. The summed E-state index contributed by atoms with van der Waals surface area (Å²) >= 11 is 0. The molecule has 0 atom stereocenters. The van der Waals surface area contributed by atoms with Gasteiger partial charge in [-0.05, 0) is 0 Å². The van der Waals surface area contributed by atoms with Crippen LogP contribution in [-0.4, -0.2) is 24.5 Å². The largest absolute Gasteiger partial charge is 0.403 e. The third kappa shape index (κ3) is 4.83. The van der Waals surface area contributed by atoms with Gasteiger partial charge in [-0.1, -0.05) is 0 Å². The van der Waals surface area contributed by atoms with E-state index in [4.69, 9.17) is 16.6 Å². The zero-order valence-corrected chi connectivity index (χ0v) is 5.12. The second-order valence-electron chi connectivity index (χ2n) is 1.43. The molecule has 0 aliphatic heterocycles. The van der Waals surface area contributed by atoms with Crippen LogP contribution in [0.4, 0.5) is 0 Å². The highest BCUT2D eigenvalue weighted by molar-refractivity contribution is 5.76. The number of hydrogen-bond donors (Lipinski definition) is 3. The number of hydrogen-bond acceptors (Lipinski definition) is 4. The lowest BCUT2D eigenvalue weighted by atomic mass is 10.5. The van der Waals surface area contributed by atoms with Gasteiger partial charge in [-0.3, -0.25) is 4.99 Å². The predicted octanol–water partition coefficient (Wildman–Crippen LogP) is -1.19. The van der Waals surface area contributed by atoms with Gasteiger partial charge in [0.25, 0.3) is 0 Å². The van der Waals surface area contributed by atoms with Gasteiger partial charge in [0.1, 0.15) is 0 Å². The fourth-order valence-corrected chi connectivity index (χ4v) is 0.271. The van der Waals surface area contributed by atoms with Crippen LogP contribution in [0.2, 0.25) is 0 Å². The summed E-state index contributed by atoms with van der Waals surface area (Å²) in [5.74, 6) is 0. The quantitative estimate of drug-likeness (QED) is 0.419. The minimum absolute atomic E-state index is 0.0361. The SMILES string of the molecule is NC=C(N)C=NCCO. The number of aliphatic hydroxyl groups excluding tert-OH is 1. The Bertz CT molecular complexity index is 119. The zero-order valence-electron chi connectivity index (χ0n) is 5.12. The maximum absolute atomic E-state index is 8.25. The molecular weight excluding hydrogens is 118 g/mol. The highest BCUT2D eigenvalue weighted by Crippen LogP contribution is 1.72. The number of rotatable bonds is 3. The Kier molecular flexibility index (Phi) is 4.53. The molecule has 0 unspecified atom stereocenters. The van der Waals surface area contributed by atoms with Crippen LogP contribution in [0.5, 0.6) is 0 Å². The van der Waals surface area contributed by atoms with Crippen molar-refractivity contribution < 1.29 is 5.11 Å². The van der Waals surface area contributed by atoms with Gasteiger partial charge in [-0.2, -0.15) is 0 Å². The van der Waals surface area contributed by atoms with Crippen molar-refractivity contribution in [3.63, 3.8) is 0 Å². The van der Waals surface area contributed by atoms with Crippen LogP contribution >= 0.6 is 0 Å². The summed E-state index contributed by atoms with van der Waals surface area (Å²) in [5.41, 5.74) is 10.6. The van der Waals surface area contributed by atoms with Crippen LogP contribution in [0.3, 0.4) is 0 Å². The highest BCUT2D eigenvalue weighted by Gasteiger charge is 1.77. The molecule has 0 heterocycles. The molecule has 9 heavy (non-hydrogen) atoms. The molecular formula is C5H11N3O. The predicted molar refractivity (Wildman–Crippen MR) is 36.9 cm³/mol. The van der Waals surface area contributed by atoms with Crippen molar-refractivity contribution in [2.45, 2.75) is 0 Å². The number of nitrogens with two attached hydrogens (primary N) is 2. The Morgan fingerprint density at radius 1 is 1.67 bits per heavy atom. The van der Waals surface area contributed by atoms with Gasteiger partial charge in [-0.25, -0.2) is 0 Å². The first-order valence-electron chi connectivity index (χ1n) is 2.59. The van der Waals surface area contributed by atoms with Crippen LogP contribution in [0.25, 0.3) is 0 Å². The van der Waals surface area contributed by atoms with Crippen LogP contribution in [0, 0.1) is 0 Å². The minimum Gasteiger partial charge on any atom is -0.403 e. The Morgan fingerprint density at radius 3 is 2.78 bits per heavy atom. The Hall–Kier alpha value is -1.03. The summed E-state index contributed by atoms with van der Waals surface area (Å²) in [6, 6.07) is 0. The number of aliphatic hydroxyl groups is 1. The molecule has 4 heteroatoms. The van der Waals surface area contributed by atoms with Gasteiger partial charge in [0.05, 0.1) is 18.8 Å². The zero-order chi connectivity index (χ0) is 7.11. The van der Waals surface area contributed by atoms with Gasteiger partial charge in [-0.15, -0.1) is 0 Å². The Balaban J connectivity index is 3.45. The van der Waals surface area contributed by atoms with Crippen molar-refractivity contribution in [1.29, 1.82) is 0 Å². The van der Waals surface area contributed by atoms with Crippen molar-refractivity contribution in [2.24, 2.45) is 16.5 Å². The molecule has 0 amide bonds. The van der Waals surface area contributed by atoms with E-state index in [9.17, 15) is 0 Å². The first kappa shape index (κ1) is 7.97. The van der Waals surface area contributed by atoms with Gasteiger partial charge in [0.15, 0.2) is 0 Å². The smallest absolute Gasteiger partial charge is 0.0652 e. The third-order valence-electron chi connectivity index (χ3n) is 0.662. The maximum atomic E-state index is 8.25. The van der Waals surface area contributed by atoms with Crippen molar-refractivity contribution in [3.05, 3.63) is 11.9 Å². The van der Waals surface area contributed by atoms with E-state index in [2.05, 4.69) is 4.99 Å². The fraction of sp³-hybridized carbons (Fsp3) is 0.400. The van der Waals surface area contributed by atoms with Crippen molar-refractivity contribution in [3.8, 4) is 0 Å². The monoisotopic (exact) mass is 129 g/mol. The highest BCUT2D eigenvalue weighted by atomic mass is 16.3. The van der Waals surface area contributed by atoms with Gasteiger partial charge >= 0.3 is 0 Å². The van der Waals surface area contributed by atoms with E-state index in [0.29, 0.717) is 12.2 Å².